The Balaban J connectivity index is 3.42. The highest BCUT2D eigenvalue weighted by Crippen LogP contribution is 2.29. The number of nitriles is 1. The lowest BCUT2D eigenvalue weighted by atomic mass is 9.94. The smallest absolute Gasteiger partial charge is 0.343 e. The molecular weight excluding hydrogens is 298 g/mol. The van der Waals surface area contributed by atoms with E-state index in [4.69, 9.17) is 9.47 Å². The van der Waals surface area contributed by atoms with Crippen molar-refractivity contribution in [3.8, 4) is 6.07 Å². The van der Waals surface area contributed by atoms with Crippen molar-refractivity contribution < 1.29 is 19.1 Å². The van der Waals surface area contributed by atoms with Gasteiger partial charge in [0.05, 0.1) is 13.2 Å². The Morgan fingerprint density at radius 1 is 1.35 bits per heavy atom. The number of dihydropyridines is 1. The molecule has 1 aliphatic heterocycles. The second-order valence-corrected chi connectivity index (χ2v) is 4.81. The van der Waals surface area contributed by atoms with Gasteiger partial charge in [0.25, 0.3) is 0 Å². The van der Waals surface area contributed by atoms with Crippen LogP contribution in [0.4, 0.5) is 0 Å². The zero-order chi connectivity index (χ0) is 17.5. The molecular formula is C16H21N3O4. The molecule has 1 atom stereocenters. The highest BCUT2D eigenvalue weighted by Gasteiger charge is 2.55. The number of nitrogens with zero attached hydrogens (tertiary/aromatic N) is 2. The Hall–Kier alpha value is -2.75. The van der Waals surface area contributed by atoms with Crippen molar-refractivity contribution in [3.63, 3.8) is 0 Å². The Kier molecular flexibility index (Phi) is 5.96. The van der Waals surface area contributed by atoms with Crippen molar-refractivity contribution in [2.45, 2.75) is 32.0 Å². The van der Waals surface area contributed by atoms with Gasteiger partial charge >= 0.3 is 11.9 Å². The average Bonchev–Trinajstić information content (AvgIpc) is 2.56. The van der Waals surface area contributed by atoms with Crippen LogP contribution in [-0.4, -0.2) is 41.3 Å². The fourth-order valence-electron chi connectivity index (χ4n) is 2.25. The van der Waals surface area contributed by atoms with Gasteiger partial charge in [0.15, 0.2) is 0 Å². The topological polar surface area (TPSA) is 91.7 Å². The minimum Gasteiger partial charge on any atom is -0.464 e. The van der Waals surface area contributed by atoms with Gasteiger partial charge in [-0.1, -0.05) is 12.7 Å². The molecule has 0 spiro atoms. The molecule has 1 rings (SSSR count). The van der Waals surface area contributed by atoms with Crippen LogP contribution in [0.5, 0.6) is 0 Å². The summed E-state index contributed by atoms with van der Waals surface area (Å²) in [5, 5.41) is 12.5. The molecule has 0 saturated carbocycles. The van der Waals surface area contributed by atoms with Gasteiger partial charge in [-0.3, -0.25) is 0 Å². The molecule has 124 valence electrons. The molecule has 0 aromatic heterocycles. The molecule has 0 aromatic rings. The van der Waals surface area contributed by atoms with Gasteiger partial charge in [-0.2, -0.15) is 5.26 Å². The lowest BCUT2D eigenvalue weighted by Crippen LogP contribution is -2.68. The number of ether oxygens (including phenoxy) is 2. The highest BCUT2D eigenvalue weighted by atomic mass is 16.6. The van der Waals surface area contributed by atoms with Crippen LogP contribution < -0.4 is 5.32 Å². The number of carbonyl (C=O) groups excluding carboxylic acids is 2. The van der Waals surface area contributed by atoms with Crippen LogP contribution in [0, 0.1) is 11.3 Å². The first kappa shape index (κ1) is 18.3. The van der Waals surface area contributed by atoms with E-state index in [-0.39, 0.29) is 13.2 Å². The summed E-state index contributed by atoms with van der Waals surface area (Å²) in [5.41, 5.74) is -3.34. The fourth-order valence-corrected chi connectivity index (χ4v) is 2.25. The summed E-state index contributed by atoms with van der Waals surface area (Å²) in [6.07, 6.45) is 7.62. The number of hydrogen-bond acceptors (Lipinski definition) is 7. The minimum absolute atomic E-state index is 0.0849. The van der Waals surface area contributed by atoms with Gasteiger partial charge in [0, 0.05) is 0 Å². The Morgan fingerprint density at radius 2 is 1.91 bits per heavy atom. The molecule has 0 aromatic carbocycles. The largest absolute Gasteiger partial charge is 0.464 e. The summed E-state index contributed by atoms with van der Waals surface area (Å²) < 4.78 is 10.1. The number of carbonyl (C=O) groups is 2. The fraction of sp³-hybridized carbons (Fsp3) is 0.438. The minimum atomic E-state index is -1.87. The van der Waals surface area contributed by atoms with Crippen molar-refractivity contribution in [2.24, 2.45) is 0 Å². The van der Waals surface area contributed by atoms with Crippen molar-refractivity contribution in [1.29, 1.82) is 5.26 Å². The quantitative estimate of drug-likeness (QED) is 0.557. The lowest BCUT2D eigenvalue weighted by Gasteiger charge is -2.45. The van der Waals surface area contributed by atoms with Gasteiger partial charge in [-0.05, 0) is 45.3 Å². The van der Waals surface area contributed by atoms with Crippen molar-refractivity contribution in [1.82, 2.24) is 10.2 Å². The first-order valence-electron chi connectivity index (χ1n) is 7.22. The van der Waals surface area contributed by atoms with Gasteiger partial charge in [0.1, 0.15) is 6.07 Å². The molecule has 1 N–H and O–H groups in total. The molecule has 0 aliphatic carbocycles. The van der Waals surface area contributed by atoms with Gasteiger partial charge in [0.2, 0.25) is 11.2 Å². The average molecular weight is 319 g/mol. The van der Waals surface area contributed by atoms with E-state index in [1.165, 1.54) is 30.3 Å². The summed E-state index contributed by atoms with van der Waals surface area (Å²) in [6, 6.07) is 2.06. The van der Waals surface area contributed by atoms with Crippen molar-refractivity contribution >= 4 is 11.9 Å². The van der Waals surface area contributed by atoms with E-state index in [9.17, 15) is 14.9 Å². The third-order valence-electron chi connectivity index (χ3n) is 3.41. The van der Waals surface area contributed by atoms with Gasteiger partial charge in [-0.25, -0.2) is 9.59 Å². The zero-order valence-electron chi connectivity index (χ0n) is 13.5. The highest BCUT2D eigenvalue weighted by molar-refractivity contribution is 6.04. The van der Waals surface area contributed by atoms with Crippen LogP contribution in [0.2, 0.25) is 0 Å². The first-order chi connectivity index (χ1) is 10.9. The van der Waals surface area contributed by atoms with E-state index in [0.29, 0.717) is 0 Å². The van der Waals surface area contributed by atoms with E-state index in [1.54, 1.807) is 26.0 Å². The summed E-state index contributed by atoms with van der Waals surface area (Å²) in [5.74, 6) is -1.64. The Bertz CT molecular complexity index is 558. The second kappa shape index (κ2) is 7.49. The van der Waals surface area contributed by atoms with E-state index < -0.39 is 23.1 Å². The Labute approximate surface area is 135 Å². The monoisotopic (exact) mass is 319 g/mol. The molecule has 7 nitrogen and oxygen atoms in total. The van der Waals surface area contributed by atoms with Gasteiger partial charge in [-0.15, -0.1) is 0 Å². The number of nitrogens with one attached hydrogen (secondary N) is 1. The third kappa shape index (κ3) is 3.21. The van der Waals surface area contributed by atoms with Gasteiger partial charge < -0.3 is 19.7 Å². The molecule has 0 radical (unpaired) electrons. The number of allylic oxidation sites excluding steroid dienone is 2. The molecule has 7 heteroatoms. The molecule has 0 bridgehead atoms. The SMILES string of the molecule is C=CN(C1(C#N)C=CC=CN1)C(C)(C(=O)OCC)C(=O)OCC. The van der Waals surface area contributed by atoms with E-state index in [0.717, 1.165) is 0 Å². The van der Waals surface area contributed by atoms with E-state index >= 15 is 0 Å². The van der Waals surface area contributed by atoms with Crippen LogP contribution in [0.3, 0.4) is 0 Å². The standard InChI is InChI=1S/C16H21N3O4/c1-5-19(16(12-17)10-8-9-11-18-16)15(4,13(20)22-6-2)14(21)23-7-3/h5,8-11,18H,1,6-7H2,2-4H3. The predicted octanol–water partition coefficient (Wildman–Crippen LogP) is 1.21. The molecule has 1 aliphatic rings. The molecule has 1 heterocycles. The number of rotatable bonds is 7. The van der Waals surface area contributed by atoms with Crippen LogP contribution in [0.1, 0.15) is 20.8 Å². The molecule has 0 fully saturated rings. The molecule has 0 saturated heterocycles. The maximum Gasteiger partial charge on any atom is 0.343 e. The maximum absolute atomic E-state index is 12.5. The summed E-state index contributed by atoms with van der Waals surface area (Å²) >= 11 is 0. The predicted molar refractivity (Wildman–Crippen MR) is 83.5 cm³/mol. The summed E-state index contributed by atoms with van der Waals surface area (Å²) in [4.78, 5) is 26.2. The summed E-state index contributed by atoms with van der Waals surface area (Å²) in [6.45, 7) is 8.41. The second-order valence-electron chi connectivity index (χ2n) is 4.81. The molecule has 0 amide bonds. The van der Waals surface area contributed by atoms with Crippen molar-refractivity contribution in [2.75, 3.05) is 13.2 Å². The third-order valence-corrected chi connectivity index (χ3v) is 3.41. The van der Waals surface area contributed by atoms with E-state index in [2.05, 4.69) is 18.0 Å². The normalized spacial score (nSPS) is 19.2. The zero-order valence-corrected chi connectivity index (χ0v) is 13.5. The summed E-state index contributed by atoms with van der Waals surface area (Å²) in [7, 11) is 0. The van der Waals surface area contributed by atoms with E-state index in [1.807, 2.05) is 0 Å². The van der Waals surface area contributed by atoms with Crippen LogP contribution in [0.25, 0.3) is 0 Å². The first-order valence-corrected chi connectivity index (χ1v) is 7.22. The van der Waals surface area contributed by atoms with Crippen LogP contribution >= 0.6 is 0 Å². The number of hydrogen-bond donors (Lipinski definition) is 1. The molecule has 23 heavy (non-hydrogen) atoms. The van der Waals surface area contributed by atoms with Crippen molar-refractivity contribution in [3.05, 3.63) is 37.2 Å². The van der Waals surface area contributed by atoms with Crippen LogP contribution in [-0.2, 0) is 19.1 Å². The number of esters is 2. The van der Waals surface area contributed by atoms with Crippen LogP contribution in [0.15, 0.2) is 37.2 Å². The maximum atomic E-state index is 12.5. The lowest BCUT2D eigenvalue weighted by molar-refractivity contribution is -0.174. The molecule has 1 unspecified atom stereocenters. The Morgan fingerprint density at radius 3 is 2.26 bits per heavy atom.